The van der Waals surface area contributed by atoms with Crippen molar-refractivity contribution in [2.75, 3.05) is 4.90 Å². The van der Waals surface area contributed by atoms with Gasteiger partial charge in [0.2, 0.25) is 0 Å². The first-order valence-corrected chi connectivity index (χ1v) is 18.6. The summed E-state index contributed by atoms with van der Waals surface area (Å²) in [5.74, 6) is 0. The molecule has 0 heterocycles. The predicted molar refractivity (Wildman–Crippen MR) is 220 cm³/mol. The number of benzene rings is 8. The monoisotopic (exact) mass is 667 g/mol. The number of hydrogen-bond acceptors (Lipinski definition) is 1. The molecule has 0 amide bonds. The molecule has 8 aromatic carbocycles. The van der Waals surface area contributed by atoms with Gasteiger partial charge < -0.3 is 4.90 Å². The summed E-state index contributed by atoms with van der Waals surface area (Å²) >= 11 is 0. The molecule has 1 heteroatoms. The maximum absolute atomic E-state index is 2.46. The Morgan fingerprint density at radius 3 is 1.63 bits per heavy atom. The highest BCUT2D eigenvalue weighted by molar-refractivity contribution is 5.91. The highest BCUT2D eigenvalue weighted by Gasteiger charge is 2.47. The van der Waals surface area contributed by atoms with Crippen molar-refractivity contribution < 1.29 is 0 Å². The summed E-state index contributed by atoms with van der Waals surface area (Å²) in [6.07, 6.45) is 1.87. The molecular weight excluding hydrogens is 627 g/mol. The van der Waals surface area contributed by atoms with E-state index in [0.29, 0.717) is 0 Å². The summed E-state index contributed by atoms with van der Waals surface area (Å²) in [5, 5.41) is 2.47. The lowest BCUT2D eigenvalue weighted by Gasteiger charge is -2.37. The van der Waals surface area contributed by atoms with E-state index in [2.05, 4.69) is 207 Å². The molecule has 8 aromatic rings. The van der Waals surface area contributed by atoms with Crippen LogP contribution in [0.5, 0.6) is 0 Å². The zero-order valence-electron chi connectivity index (χ0n) is 29.8. The van der Waals surface area contributed by atoms with E-state index in [4.69, 9.17) is 0 Å². The molecule has 0 aromatic heterocycles. The van der Waals surface area contributed by atoms with E-state index in [1.54, 1.807) is 0 Å². The van der Waals surface area contributed by atoms with Crippen molar-refractivity contribution in [1.82, 2.24) is 0 Å². The van der Waals surface area contributed by atoms with Gasteiger partial charge in [0.15, 0.2) is 0 Å². The van der Waals surface area contributed by atoms with Crippen molar-refractivity contribution >= 4 is 27.8 Å². The molecule has 0 saturated heterocycles. The van der Waals surface area contributed by atoms with Crippen LogP contribution >= 0.6 is 0 Å². The van der Waals surface area contributed by atoms with E-state index < -0.39 is 5.41 Å². The number of aryl methyl sites for hydroxylation is 2. The lowest BCUT2D eigenvalue weighted by molar-refractivity contribution is 0.741. The lowest BCUT2D eigenvalue weighted by atomic mass is 9.64. The van der Waals surface area contributed by atoms with Gasteiger partial charge in [0, 0.05) is 17.1 Å². The van der Waals surface area contributed by atoms with Crippen LogP contribution in [0.25, 0.3) is 33.0 Å². The Labute approximate surface area is 307 Å². The first-order chi connectivity index (χ1) is 25.7. The molecule has 0 spiro atoms. The summed E-state index contributed by atoms with van der Waals surface area (Å²) < 4.78 is 0. The van der Waals surface area contributed by atoms with Gasteiger partial charge in [0.1, 0.15) is 0 Å². The van der Waals surface area contributed by atoms with E-state index in [-0.39, 0.29) is 0 Å². The van der Waals surface area contributed by atoms with E-state index in [9.17, 15) is 0 Å². The molecule has 0 aliphatic heterocycles. The maximum atomic E-state index is 2.46. The van der Waals surface area contributed by atoms with Crippen LogP contribution in [-0.4, -0.2) is 0 Å². The zero-order chi connectivity index (χ0) is 35.1. The van der Waals surface area contributed by atoms with Crippen molar-refractivity contribution in [3.05, 3.63) is 221 Å². The SMILES string of the molecule is CCc1ccccc1C1(c2ccc(N(c3cccc(-c4ccccc4)c3)c3ccc4ccccc4c3)cc2CC)c2ccccc2-c2ccccc21. The highest BCUT2D eigenvalue weighted by atomic mass is 15.1. The van der Waals surface area contributed by atoms with Gasteiger partial charge in [0.25, 0.3) is 0 Å². The summed E-state index contributed by atoms with van der Waals surface area (Å²) in [4.78, 5) is 2.44. The van der Waals surface area contributed by atoms with Crippen molar-refractivity contribution in [2.45, 2.75) is 32.1 Å². The first-order valence-electron chi connectivity index (χ1n) is 18.6. The molecule has 0 radical (unpaired) electrons. The van der Waals surface area contributed by atoms with Gasteiger partial charge in [0.05, 0.1) is 5.41 Å². The molecule has 1 nitrogen and oxygen atoms in total. The van der Waals surface area contributed by atoms with E-state index in [1.165, 1.54) is 66.4 Å². The average molecular weight is 668 g/mol. The molecule has 52 heavy (non-hydrogen) atoms. The van der Waals surface area contributed by atoms with Crippen molar-refractivity contribution in [3.8, 4) is 22.3 Å². The van der Waals surface area contributed by atoms with Crippen LogP contribution < -0.4 is 4.90 Å². The molecule has 9 rings (SSSR count). The van der Waals surface area contributed by atoms with Crippen LogP contribution in [0, 0.1) is 0 Å². The van der Waals surface area contributed by atoms with Gasteiger partial charge in [-0.25, -0.2) is 0 Å². The van der Waals surface area contributed by atoms with Crippen molar-refractivity contribution in [3.63, 3.8) is 0 Å². The van der Waals surface area contributed by atoms with Crippen LogP contribution in [0.3, 0.4) is 0 Å². The van der Waals surface area contributed by atoms with Gasteiger partial charge >= 0.3 is 0 Å². The summed E-state index contributed by atoms with van der Waals surface area (Å²) in [6, 6.07) is 69.6. The molecule has 0 bridgehead atoms. The molecule has 1 aliphatic rings. The van der Waals surface area contributed by atoms with Crippen LogP contribution in [0.1, 0.15) is 47.2 Å². The van der Waals surface area contributed by atoms with Crippen molar-refractivity contribution in [1.29, 1.82) is 0 Å². The minimum absolute atomic E-state index is 0.440. The van der Waals surface area contributed by atoms with E-state index >= 15 is 0 Å². The Bertz CT molecular complexity index is 2520. The third kappa shape index (κ3) is 5.08. The molecular formula is C51H41N. The number of rotatable bonds is 8. The zero-order valence-corrected chi connectivity index (χ0v) is 29.8. The van der Waals surface area contributed by atoms with Crippen molar-refractivity contribution in [2.24, 2.45) is 0 Å². The minimum Gasteiger partial charge on any atom is -0.310 e. The fourth-order valence-corrected chi connectivity index (χ4v) is 8.75. The number of nitrogens with zero attached hydrogens (tertiary/aromatic N) is 1. The van der Waals surface area contributed by atoms with Gasteiger partial charge in [-0.05, 0) is 116 Å². The molecule has 0 N–H and O–H groups in total. The average Bonchev–Trinajstić information content (AvgIpc) is 3.52. The van der Waals surface area contributed by atoms with Crippen LogP contribution in [-0.2, 0) is 18.3 Å². The lowest BCUT2D eigenvalue weighted by Crippen LogP contribution is -2.31. The molecule has 0 saturated carbocycles. The van der Waals surface area contributed by atoms with Gasteiger partial charge in [-0.2, -0.15) is 0 Å². The quantitative estimate of drug-likeness (QED) is 0.156. The molecule has 0 unspecified atom stereocenters. The molecule has 1 aliphatic carbocycles. The second-order valence-corrected chi connectivity index (χ2v) is 13.8. The van der Waals surface area contributed by atoms with Crippen LogP contribution in [0.4, 0.5) is 17.1 Å². The topological polar surface area (TPSA) is 3.24 Å². The van der Waals surface area contributed by atoms with E-state index in [0.717, 1.165) is 29.9 Å². The normalized spacial score (nSPS) is 12.7. The third-order valence-corrected chi connectivity index (χ3v) is 11.1. The largest absolute Gasteiger partial charge is 0.310 e. The van der Waals surface area contributed by atoms with Gasteiger partial charge in [-0.3, -0.25) is 0 Å². The summed E-state index contributed by atoms with van der Waals surface area (Å²) in [6.45, 7) is 4.60. The molecule has 250 valence electrons. The minimum atomic E-state index is -0.440. The first kappa shape index (κ1) is 31.8. The second kappa shape index (κ2) is 13.2. The Hall–Kier alpha value is -6.18. The second-order valence-electron chi connectivity index (χ2n) is 13.8. The standard InChI is InChI=1S/C51H41N/c1-3-36-17-10-13-26-47(36)51(49-27-14-11-24-45(49)46-25-12-15-28-50(46)51)48-32-31-44(33-37(48)4-2)52(43-30-29-39-20-8-9-21-40(39)35-43)42-23-16-22-41(34-42)38-18-6-5-7-19-38/h5-35H,3-4H2,1-2H3. The third-order valence-electron chi connectivity index (χ3n) is 11.1. The number of fused-ring (bicyclic) bond motifs is 4. The predicted octanol–water partition coefficient (Wildman–Crippen LogP) is 13.5. The van der Waals surface area contributed by atoms with Crippen LogP contribution in [0.15, 0.2) is 188 Å². The van der Waals surface area contributed by atoms with E-state index in [1.807, 2.05) is 0 Å². The Balaban J connectivity index is 1.30. The summed E-state index contributed by atoms with van der Waals surface area (Å²) in [5.41, 5.74) is 16.2. The molecule has 0 fully saturated rings. The van der Waals surface area contributed by atoms with Gasteiger partial charge in [-0.15, -0.1) is 0 Å². The fourth-order valence-electron chi connectivity index (χ4n) is 8.75. The van der Waals surface area contributed by atoms with Gasteiger partial charge in [-0.1, -0.05) is 166 Å². The number of hydrogen-bond donors (Lipinski definition) is 0. The van der Waals surface area contributed by atoms with Crippen LogP contribution in [0.2, 0.25) is 0 Å². The smallest absolute Gasteiger partial charge is 0.0718 e. The summed E-state index contributed by atoms with van der Waals surface area (Å²) in [7, 11) is 0. The Morgan fingerprint density at radius 2 is 0.904 bits per heavy atom. The fraction of sp³-hybridized carbons (Fsp3) is 0.0980. The maximum Gasteiger partial charge on any atom is 0.0718 e. The highest BCUT2D eigenvalue weighted by Crippen LogP contribution is 2.58. The molecule has 0 atom stereocenters. The Morgan fingerprint density at radius 1 is 0.365 bits per heavy atom. The number of anilines is 3. The Kier molecular flexibility index (Phi) is 8.05.